The molecule has 0 bridgehead atoms. The average molecular weight is 280 g/mol. The maximum absolute atomic E-state index is 8.77. The summed E-state index contributed by atoms with van der Waals surface area (Å²) in [6.45, 7) is 2.76. The average Bonchev–Trinajstić information content (AvgIpc) is 2.54. The van der Waals surface area contributed by atoms with Crippen molar-refractivity contribution < 1.29 is 9.84 Å². The van der Waals surface area contributed by atoms with E-state index in [1.807, 2.05) is 24.3 Å². The Morgan fingerprint density at radius 1 is 1.00 bits per heavy atom. The zero-order chi connectivity index (χ0) is 14.9. The molecule has 2 rings (SSSR count). The van der Waals surface area contributed by atoms with Gasteiger partial charge in [0.25, 0.3) is 0 Å². The van der Waals surface area contributed by atoms with Gasteiger partial charge < -0.3 is 9.84 Å². The van der Waals surface area contributed by atoms with Gasteiger partial charge in [0.15, 0.2) is 0 Å². The molecule has 0 radical (unpaired) electrons. The third kappa shape index (κ3) is 4.66. The summed E-state index contributed by atoms with van der Waals surface area (Å²) in [5.74, 6) is 6.74. The molecular weight excluding hydrogens is 260 g/mol. The number of ether oxygens (including phenoxy) is 1. The lowest BCUT2D eigenvalue weighted by molar-refractivity contribution is 0.304. The van der Waals surface area contributed by atoms with Crippen LogP contribution in [-0.4, -0.2) is 11.7 Å². The van der Waals surface area contributed by atoms with E-state index >= 15 is 0 Å². The Bertz CT molecular complexity index is 618. The van der Waals surface area contributed by atoms with Gasteiger partial charge >= 0.3 is 0 Å². The second-order valence-corrected chi connectivity index (χ2v) is 4.73. The first-order chi connectivity index (χ1) is 10.3. The molecule has 0 amide bonds. The highest BCUT2D eigenvalue weighted by atomic mass is 16.5. The van der Waals surface area contributed by atoms with Crippen LogP contribution in [0.5, 0.6) is 5.75 Å². The molecule has 0 atom stereocenters. The van der Waals surface area contributed by atoms with E-state index in [9.17, 15) is 0 Å². The van der Waals surface area contributed by atoms with Crippen molar-refractivity contribution in [2.45, 2.75) is 26.4 Å². The maximum Gasteiger partial charge on any atom is 0.135 e. The Morgan fingerprint density at radius 3 is 2.43 bits per heavy atom. The summed E-state index contributed by atoms with van der Waals surface area (Å²) < 4.78 is 5.86. The molecule has 2 heteroatoms. The van der Waals surface area contributed by atoms with Crippen LogP contribution in [0.2, 0.25) is 0 Å². The molecular formula is C19H20O2. The summed E-state index contributed by atoms with van der Waals surface area (Å²) in [4.78, 5) is 0. The van der Waals surface area contributed by atoms with Crippen LogP contribution in [0.1, 0.15) is 30.0 Å². The van der Waals surface area contributed by atoms with E-state index in [2.05, 4.69) is 43.0 Å². The lowest BCUT2D eigenvalue weighted by Gasteiger charge is -2.08. The van der Waals surface area contributed by atoms with Crippen LogP contribution < -0.4 is 4.74 Å². The highest BCUT2D eigenvalue weighted by Gasteiger charge is 2.01. The molecule has 2 aromatic rings. The molecule has 0 unspecified atom stereocenters. The lowest BCUT2D eigenvalue weighted by Crippen LogP contribution is -1.97. The van der Waals surface area contributed by atoms with Crippen molar-refractivity contribution in [2.75, 3.05) is 6.61 Å². The molecule has 0 saturated carbocycles. The van der Waals surface area contributed by atoms with Crippen LogP contribution >= 0.6 is 0 Å². The van der Waals surface area contributed by atoms with E-state index in [4.69, 9.17) is 9.84 Å². The van der Waals surface area contributed by atoms with Gasteiger partial charge in [0.2, 0.25) is 0 Å². The zero-order valence-electron chi connectivity index (χ0n) is 12.3. The molecule has 0 aliphatic heterocycles. The molecule has 0 aromatic heterocycles. The van der Waals surface area contributed by atoms with Crippen LogP contribution in [-0.2, 0) is 13.0 Å². The normalized spacial score (nSPS) is 9.81. The van der Waals surface area contributed by atoms with Gasteiger partial charge in [-0.3, -0.25) is 0 Å². The largest absolute Gasteiger partial charge is 0.488 e. The van der Waals surface area contributed by atoms with Crippen molar-refractivity contribution >= 4 is 0 Å². The van der Waals surface area contributed by atoms with Gasteiger partial charge in [-0.15, -0.1) is 0 Å². The summed E-state index contributed by atoms with van der Waals surface area (Å²) in [5, 5.41) is 8.77. The minimum atomic E-state index is 0.0831. The quantitative estimate of drug-likeness (QED) is 0.849. The van der Waals surface area contributed by atoms with Gasteiger partial charge in [-0.25, -0.2) is 0 Å². The Hall–Kier alpha value is -2.24. The lowest BCUT2D eigenvalue weighted by atomic mass is 10.1. The molecule has 0 spiro atoms. The van der Waals surface area contributed by atoms with E-state index < -0.39 is 0 Å². The van der Waals surface area contributed by atoms with Crippen LogP contribution in [0, 0.1) is 11.8 Å². The molecule has 0 aliphatic carbocycles. The number of aliphatic hydroxyl groups is 1. The fourth-order valence-electron chi connectivity index (χ4n) is 1.94. The summed E-state index contributed by atoms with van der Waals surface area (Å²) in [7, 11) is 0. The minimum Gasteiger partial charge on any atom is -0.488 e. The first kappa shape index (κ1) is 15.2. The molecule has 2 aromatic carbocycles. The zero-order valence-corrected chi connectivity index (χ0v) is 12.3. The van der Waals surface area contributed by atoms with Crippen molar-refractivity contribution in [3.05, 3.63) is 65.2 Å². The SMILES string of the molecule is CCc1ccc(COc2ccccc2C#CCCO)cc1. The van der Waals surface area contributed by atoms with Gasteiger partial charge in [-0.1, -0.05) is 55.2 Å². The predicted molar refractivity (Wildman–Crippen MR) is 85.2 cm³/mol. The van der Waals surface area contributed by atoms with Crippen LogP contribution in [0.25, 0.3) is 0 Å². The predicted octanol–water partition coefficient (Wildman–Crippen LogP) is 3.56. The number of aryl methyl sites for hydroxylation is 1. The van der Waals surface area contributed by atoms with Crippen molar-refractivity contribution in [1.29, 1.82) is 0 Å². The molecule has 0 aliphatic rings. The standard InChI is InChI=1S/C19H20O2/c1-2-16-10-12-17(13-11-16)15-21-19-9-4-3-7-18(19)8-5-6-14-20/h3-4,7,9-13,20H,2,6,14-15H2,1H3. The number of para-hydroxylation sites is 1. The highest BCUT2D eigenvalue weighted by Crippen LogP contribution is 2.18. The Morgan fingerprint density at radius 2 is 1.71 bits per heavy atom. The van der Waals surface area contributed by atoms with Crippen molar-refractivity contribution in [3.63, 3.8) is 0 Å². The smallest absolute Gasteiger partial charge is 0.135 e. The van der Waals surface area contributed by atoms with E-state index in [0.717, 1.165) is 23.3 Å². The second-order valence-electron chi connectivity index (χ2n) is 4.73. The first-order valence-corrected chi connectivity index (χ1v) is 7.23. The van der Waals surface area contributed by atoms with E-state index in [-0.39, 0.29) is 6.61 Å². The van der Waals surface area contributed by atoms with E-state index in [1.54, 1.807) is 0 Å². The van der Waals surface area contributed by atoms with Gasteiger partial charge in [-0.05, 0) is 29.7 Å². The Kier molecular flexibility index (Phi) is 5.87. The van der Waals surface area contributed by atoms with Gasteiger partial charge in [-0.2, -0.15) is 0 Å². The number of hydrogen-bond donors (Lipinski definition) is 1. The summed E-state index contributed by atoms with van der Waals surface area (Å²) in [6, 6.07) is 16.2. The molecule has 0 saturated heterocycles. The second kappa shape index (κ2) is 8.14. The summed E-state index contributed by atoms with van der Waals surface area (Å²) in [6.07, 6.45) is 1.53. The van der Waals surface area contributed by atoms with Crippen LogP contribution in [0.4, 0.5) is 0 Å². The highest BCUT2D eigenvalue weighted by molar-refractivity contribution is 5.46. The molecule has 0 fully saturated rings. The molecule has 1 N–H and O–H groups in total. The Labute approximate surface area is 126 Å². The molecule has 21 heavy (non-hydrogen) atoms. The van der Waals surface area contributed by atoms with Gasteiger partial charge in [0.05, 0.1) is 12.2 Å². The number of rotatable bonds is 5. The van der Waals surface area contributed by atoms with Crippen LogP contribution in [0.15, 0.2) is 48.5 Å². The number of hydrogen-bond acceptors (Lipinski definition) is 2. The summed E-state index contributed by atoms with van der Waals surface area (Å²) >= 11 is 0. The third-order valence-electron chi connectivity index (χ3n) is 3.17. The number of benzene rings is 2. The topological polar surface area (TPSA) is 29.5 Å². The molecule has 2 nitrogen and oxygen atoms in total. The van der Waals surface area contributed by atoms with Gasteiger partial charge in [0.1, 0.15) is 12.4 Å². The monoisotopic (exact) mass is 280 g/mol. The van der Waals surface area contributed by atoms with E-state index in [1.165, 1.54) is 5.56 Å². The van der Waals surface area contributed by atoms with Crippen molar-refractivity contribution in [1.82, 2.24) is 0 Å². The molecule has 0 heterocycles. The first-order valence-electron chi connectivity index (χ1n) is 7.23. The van der Waals surface area contributed by atoms with Gasteiger partial charge in [0, 0.05) is 6.42 Å². The third-order valence-corrected chi connectivity index (χ3v) is 3.17. The number of aliphatic hydroxyl groups excluding tert-OH is 1. The summed E-state index contributed by atoms with van der Waals surface area (Å²) in [5.41, 5.74) is 3.33. The molecule has 108 valence electrons. The maximum atomic E-state index is 8.77. The van der Waals surface area contributed by atoms with E-state index in [0.29, 0.717) is 13.0 Å². The fourth-order valence-corrected chi connectivity index (χ4v) is 1.94. The van der Waals surface area contributed by atoms with Crippen LogP contribution in [0.3, 0.4) is 0 Å². The minimum absolute atomic E-state index is 0.0831. The van der Waals surface area contributed by atoms with Crippen molar-refractivity contribution in [3.8, 4) is 17.6 Å². The Balaban J connectivity index is 2.04. The fraction of sp³-hybridized carbons (Fsp3) is 0.263. The van der Waals surface area contributed by atoms with Crippen molar-refractivity contribution in [2.24, 2.45) is 0 Å².